The lowest BCUT2D eigenvalue weighted by molar-refractivity contribution is -0.127. The number of hydrogen-bond acceptors (Lipinski definition) is 6. The van der Waals surface area contributed by atoms with Gasteiger partial charge in [0.2, 0.25) is 11.8 Å². The van der Waals surface area contributed by atoms with Gasteiger partial charge >= 0.3 is 0 Å². The van der Waals surface area contributed by atoms with Gasteiger partial charge in [0.05, 0.1) is 5.75 Å². The Kier molecular flexibility index (Phi) is 5.09. The maximum absolute atomic E-state index is 12.1. The van der Waals surface area contributed by atoms with Crippen LogP contribution in [0.5, 0.6) is 0 Å². The number of thiophene rings is 1. The molecular weight excluding hydrogens is 330 g/mol. The van der Waals surface area contributed by atoms with E-state index in [1.165, 1.54) is 11.8 Å². The Hall–Kier alpha value is -2.12. The van der Waals surface area contributed by atoms with Gasteiger partial charge in [-0.25, -0.2) is 0 Å². The number of aromatic nitrogens is 2. The lowest BCUT2D eigenvalue weighted by Gasteiger charge is -2.15. The van der Waals surface area contributed by atoms with Crippen LogP contribution in [0.15, 0.2) is 56.8 Å². The van der Waals surface area contributed by atoms with Gasteiger partial charge in [0.1, 0.15) is 0 Å². The van der Waals surface area contributed by atoms with Crippen molar-refractivity contribution in [3.05, 3.63) is 52.7 Å². The van der Waals surface area contributed by atoms with Crippen LogP contribution in [0, 0.1) is 0 Å². The Labute approximate surface area is 142 Å². The van der Waals surface area contributed by atoms with Crippen LogP contribution in [-0.4, -0.2) is 33.8 Å². The standard InChI is InChI=1S/C16H15N3O2S2/c1-19(9-12-7-8-22-10-12)14(20)11-23-16-18-17-15(21-16)13-5-3-2-4-6-13/h2-8,10H,9,11H2,1H3. The minimum Gasteiger partial charge on any atom is -0.411 e. The molecule has 0 fully saturated rings. The highest BCUT2D eigenvalue weighted by molar-refractivity contribution is 7.99. The summed E-state index contributed by atoms with van der Waals surface area (Å²) in [5, 5.41) is 12.4. The monoisotopic (exact) mass is 345 g/mol. The number of benzene rings is 1. The number of hydrogen-bond donors (Lipinski definition) is 0. The first-order chi connectivity index (χ1) is 11.2. The molecule has 118 valence electrons. The molecule has 2 heterocycles. The van der Waals surface area contributed by atoms with Crippen LogP contribution < -0.4 is 0 Å². The van der Waals surface area contributed by atoms with Gasteiger partial charge in [-0.3, -0.25) is 4.79 Å². The molecule has 3 aromatic rings. The summed E-state index contributed by atoms with van der Waals surface area (Å²) in [6, 6.07) is 11.6. The summed E-state index contributed by atoms with van der Waals surface area (Å²) in [7, 11) is 1.80. The highest BCUT2D eigenvalue weighted by Crippen LogP contribution is 2.23. The molecule has 0 spiro atoms. The van der Waals surface area contributed by atoms with E-state index in [1.807, 2.05) is 47.2 Å². The molecule has 1 aromatic carbocycles. The number of carbonyl (C=O) groups excluding carboxylic acids is 1. The quantitative estimate of drug-likeness (QED) is 0.640. The van der Waals surface area contributed by atoms with Crippen molar-refractivity contribution in [2.45, 2.75) is 11.8 Å². The summed E-state index contributed by atoms with van der Waals surface area (Å²) in [4.78, 5) is 13.8. The Morgan fingerprint density at radius 2 is 2.09 bits per heavy atom. The Bertz CT molecular complexity index is 757. The average Bonchev–Trinajstić information content (AvgIpc) is 3.25. The third-order valence-electron chi connectivity index (χ3n) is 3.17. The summed E-state index contributed by atoms with van der Waals surface area (Å²) in [6.07, 6.45) is 0. The summed E-state index contributed by atoms with van der Waals surface area (Å²) in [6.45, 7) is 0.613. The molecule has 1 amide bonds. The van der Waals surface area contributed by atoms with Crippen molar-refractivity contribution >= 4 is 29.0 Å². The maximum Gasteiger partial charge on any atom is 0.277 e. The van der Waals surface area contributed by atoms with Crippen LogP contribution in [0.2, 0.25) is 0 Å². The lowest BCUT2D eigenvalue weighted by Crippen LogP contribution is -2.27. The fourth-order valence-electron chi connectivity index (χ4n) is 1.94. The molecule has 0 bridgehead atoms. The molecule has 0 atom stereocenters. The molecule has 0 saturated heterocycles. The maximum atomic E-state index is 12.1. The zero-order valence-corrected chi connectivity index (χ0v) is 14.1. The van der Waals surface area contributed by atoms with Crippen molar-refractivity contribution in [3.8, 4) is 11.5 Å². The molecule has 7 heteroatoms. The van der Waals surface area contributed by atoms with Crippen molar-refractivity contribution in [3.63, 3.8) is 0 Å². The van der Waals surface area contributed by atoms with Crippen LogP contribution in [0.1, 0.15) is 5.56 Å². The number of rotatable bonds is 6. The number of carbonyl (C=O) groups is 1. The van der Waals surface area contributed by atoms with Gasteiger partial charge in [-0.2, -0.15) is 11.3 Å². The van der Waals surface area contributed by atoms with Crippen LogP contribution in [0.3, 0.4) is 0 Å². The lowest BCUT2D eigenvalue weighted by atomic mass is 10.2. The van der Waals surface area contributed by atoms with Crippen molar-refractivity contribution in [1.82, 2.24) is 15.1 Å². The zero-order valence-electron chi connectivity index (χ0n) is 12.5. The second kappa shape index (κ2) is 7.43. The first kappa shape index (κ1) is 15.8. The van der Waals surface area contributed by atoms with Gasteiger partial charge in [-0.1, -0.05) is 30.0 Å². The van der Waals surface area contributed by atoms with Gasteiger partial charge < -0.3 is 9.32 Å². The minimum atomic E-state index is 0.0284. The minimum absolute atomic E-state index is 0.0284. The second-order valence-electron chi connectivity index (χ2n) is 4.91. The summed E-state index contributed by atoms with van der Waals surface area (Å²) in [5.41, 5.74) is 2.01. The molecule has 0 radical (unpaired) electrons. The van der Waals surface area contributed by atoms with Gasteiger partial charge in [-0.15, -0.1) is 10.2 Å². The highest BCUT2D eigenvalue weighted by Gasteiger charge is 2.14. The molecule has 23 heavy (non-hydrogen) atoms. The van der Waals surface area contributed by atoms with E-state index < -0.39 is 0 Å². The summed E-state index contributed by atoms with van der Waals surface area (Å²) < 4.78 is 5.58. The Morgan fingerprint density at radius 3 is 2.83 bits per heavy atom. The average molecular weight is 345 g/mol. The smallest absolute Gasteiger partial charge is 0.277 e. The molecule has 0 unspecified atom stereocenters. The zero-order chi connectivity index (χ0) is 16.1. The first-order valence-corrected chi connectivity index (χ1v) is 8.92. The van der Waals surface area contributed by atoms with Gasteiger partial charge in [0, 0.05) is 19.2 Å². The molecule has 0 aliphatic rings. The normalized spacial score (nSPS) is 10.7. The molecule has 2 aromatic heterocycles. The van der Waals surface area contributed by atoms with Crippen molar-refractivity contribution in [2.24, 2.45) is 0 Å². The van der Waals surface area contributed by atoms with Crippen LogP contribution in [0.4, 0.5) is 0 Å². The van der Waals surface area contributed by atoms with E-state index in [9.17, 15) is 4.79 Å². The third kappa shape index (κ3) is 4.20. The van der Waals surface area contributed by atoms with E-state index in [2.05, 4.69) is 10.2 Å². The van der Waals surface area contributed by atoms with Gasteiger partial charge in [-0.05, 0) is 34.5 Å². The van der Waals surface area contributed by atoms with Crippen LogP contribution >= 0.6 is 23.1 Å². The van der Waals surface area contributed by atoms with E-state index in [-0.39, 0.29) is 11.7 Å². The number of amides is 1. The SMILES string of the molecule is CN(Cc1ccsc1)C(=O)CSc1nnc(-c2ccccc2)o1. The molecule has 0 saturated carbocycles. The van der Waals surface area contributed by atoms with Crippen molar-refractivity contribution < 1.29 is 9.21 Å². The summed E-state index contributed by atoms with van der Waals surface area (Å²) >= 11 is 2.88. The van der Waals surface area contributed by atoms with E-state index >= 15 is 0 Å². The topological polar surface area (TPSA) is 59.2 Å². The number of nitrogens with zero attached hydrogens (tertiary/aromatic N) is 3. The molecule has 0 aliphatic heterocycles. The van der Waals surface area contributed by atoms with Crippen molar-refractivity contribution in [2.75, 3.05) is 12.8 Å². The molecule has 0 aliphatic carbocycles. The predicted octanol–water partition coefficient (Wildman–Crippen LogP) is 3.55. The van der Waals surface area contributed by atoms with Crippen molar-refractivity contribution in [1.29, 1.82) is 0 Å². The summed E-state index contributed by atoms with van der Waals surface area (Å²) in [5.74, 6) is 0.768. The molecule has 3 rings (SSSR count). The third-order valence-corrected chi connectivity index (χ3v) is 4.71. The van der Waals surface area contributed by atoms with E-state index in [0.717, 1.165) is 11.1 Å². The highest BCUT2D eigenvalue weighted by atomic mass is 32.2. The van der Waals surface area contributed by atoms with E-state index in [0.29, 0.717) is 17.7 Å². The Morgan fingerprint density at radius 1 is 1.26 bits per heavy atom. The fourth-order valence-corrected chi connectivity index (χ4v) is 3.31. The van der Waals surface area contributed by atoms with Crippen LogP contribution in [-0.2, 0) is 11.3 Å². The largest absolute Gasteiger partial charge is 0.411 e. The molecule has 5 nitrogen and oxygen atoms in total. The predicted molar refractivity (Wildman–Crippen MR) is 91.3 cm³/mol. The van der Waals surface area contributed by atoms with Crippen LogP contribution in [0.25, 0.3) is 11.5 Å². The molecular formula is C16H15N3O2S2. The molecule has 0 N–H and O–H groups in total. The van der Waals surface area contributed by atoms with Gasteiger partial charge in [0.15, 0.2) is 0 Å². The van der Waals surface area contributed by atoms with Gasteiger partial charge in [0.25, 0.3) is 5.22 Å². The number of thioether (sulfide) groups is 1. The second-order valence-corrected chi connectivity index (χ2v) is 6.62. The fraction of sp³-hybridized carbons (Fsp3) is 0.188. The Balaban J connectivity index is 1.54. The van der Waals surface area contributed by atoms with E-state index in [4.69, 9.17) is 4.42 Å². The first-order valence-electron chi connectivity index (χ1n) is 6.99. The van der Waals surface area contributed by atoms with E-state index in [1.54, 1.807) is 23.3 Å².